The Hall–Kier alpha value is 0.110. The second-order valence-corrected chi connectivity index (χ2v) is 6.54. The number of amides is 1. The Morgan fingerprint density at radius 1 is 1.60 bits per heavy atom. The molecule has 2 rings (SSSR count). The lowest BCUT2D eigenvalue weighted by molar-refractivity contribution is -0.133. The standard InChI is InChI=1S/C11H18ClNOS/c1-11(5-3-7-15-11)10(14)13-6-2-4-9(13)8-12/h9H,2-8H2,1H3. The number of hydrogen-bond acceptors (Lipinski definition) is 2. The van der Waals surface area contributed by atoms with Gasteiger partial charge in [0, 0.05) is 18.5 Å². The molecule has 2 saturated heterocycles. The van der Waals surface area contributed by atoms with Gasteiger partial charge in [0.15, 0.2) is 0 Å². The molecule has 2 heterocycles. The molecular weight excluding hydrogens is 230 g/mol. The zero-order chi connectivity index (χ0) is 10.9. The normalized spacial score (nSPS) is 36.1. The van der Waals surface area contributed by atoms with E-state index in [0.717, 1.165) is 31.6 Å². The van der Waals surface area contributed by atoms with Gasteiger partial charge in [-0.2, -0.15) is 0 Å². The van der Waals surface area contributed by atoms with Gasteiger partial charge in [-0.15, -0.1) is 23.4 Å². The Kier molecular flexibility index (Phi) is 3.51. The summed E-state index contributed by atoms with van der Waals surface area (Å²) < 4.78 is -0.158. The maximum absolute atomic E-state index is 12.4. The number of carbonyl (C=O) groups is 1. The van der Waals surface area contributed by atoms with Crippen molar-refractivity contribution in [2.45, 2.75) is 43.4 Å². The molecule has 15 heavy (non-hydrogen) atoms. The molecule has 0 saturated carbocycles. The van der Waals surface area contributed by atoms with Crippen LogP contribution in [-0.4, -0.2) is 39.8 Å². The molecule has 0 aromatic carbocycles. The molecule has 1 amide bonds. The molecule has 0 radical (unpaired) electrons. The third kappa shape index (κ3) is 2.14. The molecule has 0 aromatic heterocycles. The lowest BCUT2D eigenvalue weighted by atomic mass is 10.0. The molecule has 0 aliphatic carbocycles. The van der Waals surface area contributed by atoms with Crippen molar-refractivity contribution in [3.05, 3.63) is 0 Å². The van der Waals surface area contributed by atoms with E-state index in [1.54, 1.807) is 0 Å². The van der Waals surface area contributed by atoms with Crippen LogP contribution >= 0.6 is 23.4 Å². The third-order valence-electron chi connectivity index (χ3n) is 3.49. The summed E-state index contributed by atoms with van der Waals surface area (Å²) in [5.74, 6) is 2.04. The Labute approximate surface area is 101 Å². The van der Waals surface area contributed by atoms with Crippen molar-refractivity contribution in [2.75, 3.05) is 18.2 Å². The van der Waals surface area contributed by atoms with Gasteiger partial charge >= 0.3 is 0 Å². The zero-order valence-corrected chi connectivity index (χ0v) is 10.7. The second-order valence-electron chi connectivity index (χ2n) is 4.63. The van der Waals surface area contributed by atoms with Crippen LogP contribution in [0, 0.1) is 0 Å². The first-order valence-corrected chi connectivity index (χ1v) is 7.20. The van der Waals surface area contributed by atoms with Gasteiger partial charge in [0.1, 0.15) is 0 Å². The summed E-state index contributed by atoms with van der Waals surface area (Å²) >= 11 is 7.72. The Morgan fingerprint density at radius 3 is 3.00 bits per heavy atom. The van der Waals surface area contributed by atoms with Crippen molar-refractivity contribution in [1.29, 1.82) is 0 Å². The Morgan fingerprint density at radius 2 is 2.40 bits per heavy atom. The molecule has 2 aliphatic heterocycles. The van der Waals surface area contributed by atoms with Crippen molar-refractivity contribution in [2.24, 2.45) is 0 Å². The first-order valence-electron chi connectivity index (χ1n) is 5.68. The fourth-order valence-electron chi connectivity index (χ4n) is 2.52. The zero-order valence-electron chi connectivity index (χ0n) is 9.17. The summed E-state index contributed by atoms with van der Waals surface area (Å²) in [4.78, 5) is 14.4. The lowest BCUT2D eigenvalue weighted by Gasteiger charge is -2.31. The fourth-order valence-corrected chi connectivity index (χ4v) is 4.10. The average molecular weight is 248 g/mol. The quantitative estimate of drug-likeness (QED) is 0.699. The number of thioether (sulfide) groups is 1. The van der Waals surface area contributed by atoms with Crippen LogP contribution in [0.5, 0.6) is 0 Å². The van der Waals surface area contributed by atoms with Gasteiger partial charge in [0.05, 0.1) is 4.75 Å². The van der Waals surface area contributed by atoms with E-state index in [0.29, 0.717) is 11.8 Å². The summed E-state index contributed by atoms with van der Waals surface area (Å²) in [6, 6.07) is 0.289. The minimum Gasteiger partial charge on any atom is -0.337 e. The van der Waals surface area contributed by atoms with Crippen LogP contribution in [0.1, 0.15) is 32.6 Å². The summed E-state index contributed by atoms with van der Waals surface area (Å²) in [6.45, 7) is 3.00. The SMILES string of the molecule is CC1(C(=O)N2CCCC2CCl)CCCS1. The maximum atomic E-state index is 12.4. The largest absolute Gasteiger partial charge is 0.337 e. The summed E-state index contributed by atoms with van der Waals surface area (Å²) in [6.07, 6.45) is 4.40. The van der Waals surface area contributed by atoms with Gasteiger partial charge in [-0.05, 0) is 38.4 Å². The number of likely N-dealkylation sites (tertiary alicyclic amines) is 1. The van der Waals surface area contributed by atoms with E-state index in [1.807, 2.05) is 16.7 Å². The Balaban J connectivity index is 2.06. The monoisotopic (exact) mass is 247 g/mol. The van der Waals surface area contributed by atoms with Gasteiger partial charge in [0.2, 0.25) is 5.91 Å². The predicted octanol–water partition coefficient (Wildman–Crippen LogP) is 2.50. The predicted molar refractivity (Wildman–Crippen MR) is 65.6 cm³/mol. The fraction of sp³-hybridized carbons (Fsp3) is 0.909. The smallest absolute Gasteiger partial charge is 0.238 e. The summed E-state index contributed by atoms with van der Waals surface area (Å²) in [5, 5.41) is 0. The first-order chi connectivity index (χ1) is 7.17. The molecule has 4 heteroatoms. The van der Waals surface area contributed by atoms with Crippen LogP contribution in [0.25, 0.3) is 0 Å². The summed E-state index contributed by atoms with van der Waals surface area (Å²) in [5.41, 5.74) is 0. The van der Waals surface area contributed by atoms with Crippen molar-refractivity contribution >= 4 is 29.3 Å². The summed E-state index contributed by atoms with van der Waals surface area (Å²) in [7, 11) is 0. The van der Waals surface area contributed by atoms with Gasteiger partial charge in [-0.1, -0.05) is 0 Å². The minimum atomic E-state index is -0.158. The first kappa shape index (κ1) is 11.6. The number of halogens is 1. The van der Waals surface area contributed by atoms with E-state index in [1.165, 1.54) is 6.42 Å². The number of rotatable bonds is 2. The van der Waals surface area contributed by atoms with Gasteiger partial charge in [0.25, 0.3) is 0 Å². The van der Waals surface area contributed by atoms with Crippen molar-refractivity contribution < 1.29 is 4.79 Å². The highest BCUT2D eigenvalue weighted by molar-refractivity contribution is 8.01. The van der Waals surface area contributed by atoms with E-state index in [-0.39, 0.29) is 10.8 Å². The second kappa shape index (κ2) is 4.54. The molecule has 2 atom stereocenters. The van der Waals surface area contributed by atoms with Crippen LogP contribution in [-0.2, 0) is 4.79 Å². The number of nitrogens with zero attached hydrogens (tertiary/aromatic N) is 1. The van der Waals surface area contributed by atoms with Crippen molar-refractivity contribution in [1.82, 2.24) is 4.90 Å². The molecular formula is C11H18ClNOS. The van der Waals surface area contributed by atoms with Gasteiger partial charge in [-0.25, -0.2) is 0 Å². The van der Waals surface area contributed by atoms with Crippen molar-refractivity contribution in [3.8, 4) is 0 Å². The number of alkyl halides is 1. The van der Waals surface area contributed by atoms with E-state index < -0.39 is 0 Å². The topological polar surface area (TPSA) is 20.3 Å². The minimum absolute atomic E-state index is 0.158. The van der Waals surface area contributed by atoms with E-state index in [9.17, 15) is 4.79 Å². The molecule has 0 spiro atoms. The van der Waals surface area contributed by atoms with Crippen LogP contribution in [0.4, 0.5) is 0 Å². The third-order valence-corrected chi connectivity index (χ3v) is 5.35. The maximum Gasteiger partial charge on any atom is 0.238 e. The molecule has 2 aliphatic rings. The average Bonchev–Trinajstić information content (AvgIpc) is 2.85. The number of carbonyl (C=O) groups excluding carboxylic acids is 1. The van der Waals surface area contributed by atoms with Gasteiger partial charge < -0.3 is 4.90 Å². The Bertz CT molecular complexity index is 253. The lowest BCUT2D eigenvalue weighted by Crippen LogP contribution is -2.46. The molecule has 2 fully saturated rings. The molecule has 0 aromatic rings. The molecule has 86 valence electrons. The van der Waals surface area contributed by atoms with Crippen LogP contribution in [0.15, 0.2) is 0 Å². The molecule has 0 bridgehead atoms. The molecule has 0 N–H and O–H groups in total. The molecule has 2 nitrogen and oxygen atoms in total. The van der Waals surface area contributed by atoms with Crippen LogP contribution < -0.4 is 0 Å². The number of hydrogen-bond donors (Lipinski definition) is 0. The van der Waals surface area contributed by atoms with E-state index >= 15 is 0 Å². The van der Waals surface area contributed by atoms with Crippen LogP contribution in [0.3, 0.4) is 0 Å². The van der Waals surface area contributed by atoms with Gasteiger partial charge in [-0.3, -0.25) is 4.79 Å². The highest BCUT2D eigenvalue weighted by Crippen LogP contribution is 2.40. The highest BCUT2D eigenvalue weighted by atomic mass is 35.5. The van der Waals surface area contributed by atoms with E-state index in [2.05, 4.69) is 6.92 Å². The van der Waals surface area contributed by atoms with Crippen LogP contribution in [0.2, 0.25) is 0 Å². The van der Waals surface area contributed by atoms with Crippen molar-refractivity contribution in [3.63, 3.8) is 0 Å². The van der Waals surface area contributed by atoms with E-state index in [4.69, 9.17) is 11.6 Å². The highest BCUT2D eigenvalue weighted by Gasteiger charge is 2.42. The molecule has 2 unspecified atom stereocenters.